The average Bonchev–Trinajstić information content (AvgIpc) is 2.56. The predicted molar refractivity (Wildman–Crippen MR) is 88.9 cm³/mol. The first kappa shape index (κ1) is 16.1. The number of aromatic amines is 1. The number of hydrogen-bond acceptors (Lipinski definition) is 4. The SMILES string of the molecule is COCCOc1ccc(Cc2nc3cc(F)ccc3c(=O)[nH]2)cc1. The Bertz CT molecular complexity index is 891. The van der Waals surface area contributed by atoms with Crippen LogP contribution in [0.3, 0.4) is 0 Å². The fourth-order valence-corrected chi connectivity index (χ4v) is 2.38. The number of methoxy groups -OCH3 is 1. The van der Waals surface area contributed by atoms with Crippen molar-refractivity contribution in [2.24, 2.45) is 0 Å². The van der Waals surface area contributed by atoms with Crippen molar-refractivity contribution in [3.8, 4) is 5.75 Å². The van der Waals surface area contributed by atoms with Crippen LogP contribution < -0.4 is 10.3 Å². The first-order chi connectivity index (χ1) is 11.7. The highest BCUT2D eigenvalue weighted by Crippen LogP contribution is 2.15. The van der Waals surface area contributed by atoms with Crippen molar-refractivity contribution in [3.63, 3.8) is 0 Å². The number of fused-ring (bicyclic) bond motifs is 1. The van der Waals surface area contributed by atoms with Gasteiger partial charge in [0.05, 0.1) is 17.5 Å². The van der Waals surface area contributed by atoms with Gasteiger partial charge in [-0.15, -0.1) is 0 Å². The Morgan fingerprint density at radius 3 is 2.67 bits per heavy atom. The van der Waals surface area contributed by atoms with Crippen LogP contribution in [0.25, 0.3) is 10.9 Å². The van der Waals surface area contributed by atoms with Gasteiger partial charge >= 0.3 is 0 Å². The Kier molecular flexibility index (Phi) is 4.86. The van der Waals surface area contributed by atoms with E-state index in [1.807, 2.05) is 24.3 Å². The maximum atomic E-state index is 13.3. The molecule has 5 nitrogen and oxygen atoms in total. The van der Waals surface area contributed by atoms with Crippen molar-refractivity contribution in [1.82, 2.24) is 9.97 Å². The summed E-state index contributed by atoms with van der Waals surface area (Å²) in [5.74, 6) is 0.827. The summed E-state index contributed by atoms with van der Waals surface area (Å²) in [4.78, 5) is 19.1. The Balaban J connectivity index is 1.78. The van der Waals surface area contributed by atoms with Gasteiger partial charge in [-0.1, -0.05) is 12.1 Å². The van der Waals surface area contributed by atoms with E-state index < -0.39 is 5.82 Å². The molecule has 0 amide bonds. The van der Waals surface area contributed by atoms with Gasteiger partial charge in [-0.3, -0.25) is 4.79 Å². The summed E-state index contributed by atoms with van der Waals surface area (Å²) >= 11 is 0. The number of rotatable bonds is 6. The minimum absolute atomic E-state index is 0.269. The monoisotopic (exact) mass is 328 g/mol. The first-order valence-electron chi connectivity index (χ1n) is 7.55. The van der Waals surface area contributed by atoms with E-state index in [1.165, 1.54) is 18.2 Å². The van der Waals surface area contributed by atoms with E-state index in [0.717, 1.165) is 11.3 Å². The molecule has 0 bridgehead atoms. The summed E-state index contributed by atoms with van der Waals surface area (Å²) in [7, 11) is 1.62. The zero-order chi connectivity index (χ0) is 16.9. The topological polar surface area (TPSA) is 64.2 Å². The van der Waals surface area contributed by atoms with E-state index >= 15 is 0 Å². The third-order valence-corrected chi connectivity index (χ3v) is 3.57. The molecule has 0 fully saturated rings. The molecule has 0 aliphatic rings. The standard InChI is InChI=1S/C18H17FN2O3/c1-23-8-9-24-14-5-2-12(3-6-14)10-17-20-16-11-13(19)4-7-15(16)18(22)21-17/h2-7,11H,8-10H2,1H3,(H,20,21,22). The van der Waals surface area contributed by atoms with Crippen molar-refractivity contribution < 1.29 is 13.9 Å². The largest absolute Gasteiger partial charge is 0.491 e. The number of nitrogens with zero attached hydrogens (tertiary/aromatic N) is 1. The van der Waals surface area contributed by atoms with Crippen LogP contribution in [0.1, 0.15) is 11.4 Å². The molecule has 1 N–H and O–H groups in total. The van der Waals surface area contributed by atoms with Gasteiger partial charge in [-0.25, -0.2) is 9.37 Å². The highest BCUT2D eigenvalue weighted by molar-refractivity contribution is 5.77. The van der Waals surface area contributed by atoms with Crippen molar-refractivity contribution in [2.75, 3.05) is 20.3 Å². The zero-order valence-electron chi connectivity index (χ0n) is 13.2. The van der Waals surface area contributed by atoms with Gasteiger partial charge in [0.15, 0.2) is 0 Å². The van der Waals surface area contributed by atoms with Gasteiger partial charge in [0.2, 0.25) is 0 Å². The van der Waals surface area contributed by atoms with E-state index in [4.69, 9.17) is 9.47 Å². The smallest absolute Gasteiger partial charge is 0.258 e. The van der Waals surface area contributed by atoms with Crippen LogP contribution in [-0.4, -0.2) is 30.3 Å². The van der Waals surface area contributed by atoms with E-state index in [0.29, 0.717) is 36.4 Å². The molecule has 3 aromatic rings. The number of hydrogen-bond donors (Lipinski definition) is 1. The van der Waals surface area contributed by atoms with Crippen molar-refractivity contribution in [1.29, 1.82) is 0 Å². The normalized spacial score (nSPS) is 10.9. The van der Waals surface area contributed by atoms with Crippen molar-refractivity contribution in [2.45, 2.75) is 6.42 Å². The molecule has 124 valence electrons. The van der Waals surface area contributed by atoms with Crippen LogP contribution in [0.4, 0.5) is 4.39 Å². The maximum Gasteiger partial charge on any atom is 0.258 e. The van der Waals surface area contributed by atoms with Crippen LogP contribution in [0.15, 0.2) is 47.3 Å². The van der Waals surface area contributed by atoms with E-state index in [9.17, 15) is 9.18 Å². The van der Waals surface area contributed by atoms with Gasteiger partial charge in [0, 0.05) is 19.6 Å². The lowest BCUT2D eigenvalue weighted by Crippen LogP contribution is -2.12. The Morgan fingerprint density at radius 2 is 1.92 bits per heavy atom. The molecule has 0 radical (unpaired) electrons. The molecule has 1 aromatic heterocycles. The molecule has 0 aliphatic carbocycles. The fourth-order valence-electron chi connectivity index (χ4n) is 2.38. The van der Waals surface area contributed by atoms with Gasteiger partial charge < -0.3 is 14.5 Å². The number of aromatic nitrogens is 2. The van der Waals surface area contributed by atoms with Crippen molar-refractivity contribution in [3.05, 3.63) is 70.0 Å². The molecule has 0 atom stereocenters. The second-order valence-corrected chi connectivity index (χ2v) is 5.34. The summed E-state index contributed by atoms with van der Waals surface area (Å²) in [5.41, 5.74) is 1.05. The minimum atomic E-state index is -0.413. The molecule has 0 aliphatic heterocycles. The van der Waals surface area contributed by atoms with E-state index in [1.54, 1.807) is 7.11 Å². The molecule has 24 heavy (non-hydrogen) atoms. The molecular formula is C18H17FN2O3. The van der Waals surface area contributed by atoms with Crippen molar-refractivity contribution >= 4 is 10.9 Å². The molecule has 0 saturated heterocycles. The minimum Gasteiger partial charge on any atom is -0.491 e. The van der Waals surface area contributed by atoms with Gasteiger partial charge in [0.1, 0.15) is 24.0 Å². The van der Waals surface area contributed by atoms with Crippen LogP contribution in [0.5, 0.6) is 5.75 Å². The molecule has 1 heterocycles. The molecular weight excluding hydrogens is 311 g/mol. The van der Waals surface area contributed by atoms with Gasteiger partial charge in [-0.2, -0.15) is 0 Å². The second kappa shape index (κ2) is 7.23. The molecule has 0 saturated carbocycles. The number of nitrogens with one attached hydrogen (secondary N) is 1. The summed E-state index contributed by atoms with van der Waals surface area (Å²) < 4.78 is 23.8. The van der Waals surface area contributed by atoms with Gasteiger partial charge in [0.25, 0.3) is 5.56 Å². The molecule has 3 rings (SSSR count). The Morgan fingerprint density at radius 1 is 1.12 bits per heavy atom. The lowest BCUT2D eigenvalue weighted by atomic mass is 10.1. The number of ether oxygens (including phenoxy) is 2. The number of halogens is 1. The van der Waals surface area contributed by atoms with Crippen LogP contribution >= 0.6 is 0 Å². The molecule has 0 unspecified atom stereocenters. The summed E-state index contributed by atoms with van der Waals surface area (Å²) in [6.45, 7) is 1.02. The molecule has 2 aromatic carbocycles. The predicted octanol–water partition coefficient (Wildman–Crippen LogP) is 2.68. The quantitative estimate of drug-likeness (QED) is 0.707. The average molecular weight is 328 g/mol. The van der Waals surface area contributed by atoms with E-state index in [2.05, 4.69) is 9.97 Å². The summed E-state index contributed by atoms with van der Waals surface area (Å²) in [6, 6.07) is 11.5. The summed E-state index contributed by atoms with van der Waals surface area (Å²) in [5, 5.41) is 0.377. The van der Waals surface area contributed by atoms with Crippen LogP contribution in [0.2, 0.25) is 0 Å². The fraction of sp³-hybridized carbons (Fsp3) is 0.222. The lowest BCUT2D eigenvalue weighted by Gasteiger charge is -2.07. The first-order valence-corrected chi connectivity index (χ1v) is 7.55. The Labute approximate surface area is 138 Å². The lowest BCUT2D eigenvalue weighted by molar-refractivity contribution is 0.146. The Hall–Kier alpha value is -2.73. The zero-order valence-corrected chi connectivity index (χ0v) is 13.2. The number of benzene rings is 2. The maximum absolute atomic E-state index is 13.3. The van der Waals surface area contributed by atoms with Crippen LogP contribution in [-0.2, 0) is 11.2 Å². The highest BCUT2D eigenvalue weighted by Gasteiger charge is 2.06. The third-order valence-electron chi connectivity index (χ3n) is 3.57. The second-order valence-electron chi connectivity index (χ2n) is 5.34. The van der Waals surface area contributed by atoms with Gasteiger partial charge in [-0.05, 0) is 29.8 Å². The number of H-pyrrole nitrogens is 1. The highest BCUT2D eigenvalue weighted by atomic mass is 19.1. The van der Waals surface area contributed by atoms with E-state index in [-0.39, 0.29) is 5.56 Å². The van der Waals surface area contributed by atoms with Crippen LogP contribution in [0, 0.1) is 5.82 Å². The molecule has 6 heteroatoms. The third kappa shape index (κ3) is 3.78. The molecule has 0 spiro atoms. The summed E-state index contributed by atoms with van der Waals surface area (Å²) in [6.07, 6.45) is 0.444.